The zero-order valence-electron chi connectivity index (χ0n) is 19.5. The Hall–Kier alpha value is -4.50. The van der Waals surface area contributed by atoms with E-state index in [2.05, 4.69) is 28.4 Å². The Morgan fingerprint density at radius 1 is 0.564 bits per heavy atom. The van der Waals surface area contributed by atoms with Crippen LogP contribution in [0.3, 0.4) is 0 Å². The van der Waals surface area contributed by atoms with Crippen molar-refractivity contribution in [1.29, 1.82) is 0 Å². The fraction of sp³-hybridized carbons (Fsp3) is 0.167. The van der Waals surface area contributed by atoms with Gasteiger partial charge in [0.1, 0.15) is 6.79 Å². The Morgan fingerprint density at radius 2 is 0.795 bits per heavy atom. The molecule has 0 aliphatic carbocycles. The number of benzene rings is 2. The predicted octanol–water partition coefficient (Wildman–Crippen LogP) is 1.14. The van der Waals surface area contributed by atoms with Gasteiger partial charge in [0.25, 0.3) is 0 Å². The topological polar surface area (TPSA) is 192 Å². The van der Waals surface area contributed by atoms with Crippen LogP contribution in [-0.2, 0) is 66.2 Å². The third-order valence-electron chi connectivity index (χ3n) is 3.51. The molecule has 0 N–H and O–H groups in total. The van der Waals surface area contributed by atoms with Crippen LogP contribution in [0.2, 0.25) is 0 Å². The van der Waals surface area contributed by atoms with Crippen molar-refractivity contribution >= 4 is 49.8 Å². The molecule has 14 nitrogen and oxygen atoms in total. The molecule has 0 saturated carbocycles. The Kier molecular flexibility index (Phi) is 23.9. The van der Waals surface area contributed by atoms with E-state index in [1.54, 1.807) is 62.8 Å². The van der Waals surface area contributed by atoms with Crippen molar-refractivity contribution in [3.63, 3.8) is 0 Å². The zero-order valence-corrected chi connectivity index (χ0v) is 20.9. The van der Waals surface area contributed by atoms with Gasteiger partial charge in [-0.3, -0.25) is 0 Å². The van der Waals surface area contributed by atoms with Crippen molar-refractivity contribution in [2.45, 2.75) is 7.43 Å². The third-order valence-corrected chi connectivity index (χ3v) is 3.51. The van der Waals surface area contributed by atoms with E-state index < -0.39 is 23.9 Å². The maximum Gasteiger partial charge on any atom is 4.00 e. The van der Waals surface area contributed by atoms with Crippen LogP contribution in [0.4, 0.5) is 0 Å². The molecular weight excluding hydrogens is 563 g/mol. The summed E-state index contributed by atoms with van der Waals surface area (Å²) < 4.78 is 24.1. The van der Waals surface area contributed by atoms with E-state index in [0.29, 0.717) is 29.0 Å². The van der Waals surface area contributed by atoms with Gasteiger partial charge in [0.15, 0.2) is 0 Å². The van der Waals surface area contributed by atoms with Crippen LogP contribution in [0.25, 0.3) is 0 Å². The third kappa shape index (κ3) is 14.7. The van der Waals surface area contributed by atoms with Crippen molar-refractivity contribution in [1.82, 2.24) is 0 Å². The van der Waals surface area contributed by atoms with Gasteiger partial charge in [-0.25, -0.2) is 19.2 Å². The summed E-state index contributed by atoms with van der Waals surface area (Å²) in [5.74, 6) is -2.20. The smallest absolute Gasteiger partial charge is 0.783 e. The molecule has 2 heterocycles. The Bertz CT molecular complexity index is 936. The van der Waals surface area contributed by atoms with Crippen LogP contribution in [0.5, 0.6) is 0 Å². The van der Waals surface area contributed by atoms with E-state index in [1.165, 1.54) is 0 Å². The molecular formula is C24H20O14V. The Balaban J connectivity index is -0.000000436. The number of rotatable bonds is 6. The van der Waals surface area contributed by atoms with Crippen molar-refractivity contribution < 1.29 is 85.3 Å². The number of carbonyl (C=O) groups is 4. The van der Waals surface area contributed by atoms with Crippen LogP contribution in [-0.4, -0.2) is 70.8 Å². The van der Waals surface area contributed by atoms with Gasteiger partial charge in [-0.15, -0.1) is 25.9 Å². The second kappa shape index (κ2) is 23.9. The molecule has 0 aromatic heterocycles. The maximum absolute atomic E-state index is 10.8. The first-order chi connectivity index (χ1) is 17.8. The summed E-state index contributed by atoms with van der Waals surface area (Å²) in [5.41, 5.74) is 1.44. The van der Waals surface area contributed by atoms with Crippen molar-refractivity contribution in [3.05, 3.63) is 70.8 Å². The number of hydrogen-bond donors (Lipinski definition) is 0. The van der Waals surface area contributed by atoms with Crippen molar-refractivity contribution in [3.8, 4) is 0 Å². The Morgan fingerprint density at radius 3 is 0.923 bits per heavy atom. The molecule has 0 unspecified atom stereocenters. The van der Waals surface area contributed by atoms with Gasteiger partial charge in [0, 0.05) is 14.2 Å². The molecule has 2 aliphatic rings. The summed E-state index contributed by atoms with van der Waals surface area (Å²) in [4.78, 5) is 78.5. The van der Waals surface area contributed by atoms with Gasteiger partial charge in [-0.2, -0.15) is 0 Å². The molecule has 15 heteroatoms. The number of esters is 4. The standard InChI is InChI=1S/2C8H4O3.C3H8O2.2C2O3.CH4.V/c2*9-7-5-3-1-2-4-6(5)8(10)11-7;1-4-3-5-2;2*3-1-5-2-4;;/h2*1-4H;3H2,1-2H3;;;1H4;/q;;;2*-2;;+4. The first-order valence-corrected chi connectivity index (χ1v) is 9.31. The number of hydrogen-bond acceptors (Lipinski definition) is 14. The van der Waals surface area contributed by atoms with Crippen molar-refractivity contribution in [2.24, 2.45) is 0 Å². The largest absolute Gasteiger partial charge is 4.00 e. The van der Waals surface area contributed by atoms with Gasteiger partial charge in [0.2, 0.25) is 0 Å². The summed E-state index contributed by atoms with van der Waals surface area (Å²) in [5, 5.41) is 0. The molecule has 2 aliphatic heterocycles. The van der Waals surface area contributed by atoms with Gasteiger partial charge in [-0.1, -0.05) is 31.7 Å². The molecule has 0 spiro atoms. The first-order valence-electron chi connectivity index (χ1n) is 9.31. The molecule has 0 atom stereocenters. The monoisotopic (exact) mass is 583 g/mol. The molecule has 0 fully saturated rings. The molecule has 39 heavy (non-hydrogen) atoms. The summed E-state index contributed by atoms with van der Waals surface area (Å²) in [6, 6.07) is 13.1. The van der Waals surface area contributed by atoms with Gasteiger partial charge < -0.3 is 47.6 Å². The van der Waals surface area contributed by atoms with E-state index >= 15 is 0 Å². The van der Waals surface area contributed by atoms with E-state index in [-0.39, 0.29) is 26.0 Å². The van der Waals surface area contributed by atoms with Gasteiger partial charge in [-0.05, 0) is 24.3 Å². The second-order valence-electron chi connectivity index (χ2n) is 5.68. The summed E-state index contributed by atoms with van der Waals surface area (Å²) in [6.07, 6.45) is 0. The molecule has 0 saturated heterocycles. The second-order valence-corrected chi connectivity index (χ2v) is 5.68. The molecule has 0 amide bonds. The van der Waals surface area contributed by atoms with Gasteiger partial charge >= 0.3 is 42.4 Å². The average Bonchev–Trinajstić information content (AvgIpc) is 3.36. The predicted molar refractivity (Wildman–Crippen MR) is 123 cm³/mol. The van der Waals surface area contributed by atoms with E-state index in [1.807, 2.05) is 0 Å². The number of carbonyl (C=O) groups excluding carboxylic acids is 8. The molecule has 1 radical (unpaired) electrons. The summed E-state index contributed by atoms with van der Waals surface area (Å²) in [6.45, 7) is 3.76. The molecule has 205 valence electrons. The maximum atomic E-state index is 10.8. The minimum absolute atomic E-state index is 0. The number of methoxy groups -OCH3 is 2. The van der Waals surface area contributed by atoms with E-state index in [0.717, 1.165) is 25.9 Å². The number of cyclic esters (lactones) is 4. The summed E-state index contributed by atoms with van der Waals surface area (Å²) >= 11 is 0. The molecule has 2 aromatic rings. The van der Waals surface area contributed by atoms with Gasteiger partial charge in [0.05, 0.1) is 22.3 Å². The van der Waals surface area contributed by atoms with Crippen LogP contribution in [0.15, 0.2) is 48.5 Å². The average molecular weight is 583 g/mol. The van der Waals surface area contributed by atoms with E-state index in [4.69, 9.17) is 19.2 Å². The normalized spacial score (nSPS) is 10.7. The molecule has 4 rings (SSSR count). The minimum atomic E-state index is -0.550. The fourth-order valence-electron chi connectivity index (χ4n) is 2.22. The molecule has 0 bridgehead atoms. The van der Waals surface area contributed by atoms with Crippen molar-refractivity contribution in [2.75, 3.05) is 21.0 Å². The molecule has 2 aromatic carbocycles. The van der Waals surface area contributed by atoms with E-state index in [9.17, 15) is 19.2 Å². The minimum Gasteiger partial charge on any atom is -0.783 e. The van der Waals surface area contributed by atoms with Crippen LogP contribution >= 0.6 is 0 Å². The van der Waals surface area contributed by atoms with Crippen LogP contribution < -0.4 is 0 Å². The quantitative estimate of drug-likeness (QED) is 0.155. The Labute approximate surface area is 234 Å². The van der Waals surface area contributed by atoms with Crippen LogP contribution in [0.1, 0.15) is 48.9 Å². The fourth-order valence-corrected chi connectivity index (χ4v) is 2.22. The summed E-state index contributed by atoms with van der Waals surface area (Å²) in [7, 11) is 3.17. The number of fused-ring (bicyclic) bond motifs is 2. The first kappa shape index (κ1) is 39.0. The number of ether oxygens (including phenoxy) is 6. The van der Waals surface area contributed by atoms with Crippen LogP contribution in [0, 0.1) is 0 Å². The SMILES string of the molecule is C.COCOC.O=C1OC(=O)c2ccccc21.O=C1OC(=O)c2ccccc21.O=[C-]O[C-]=O.O=[C-]O[C-]=O.[V+4]. The zero-order chi connectivity index (χ0) is 28.1.